The lowest BCUT2D eigenvalue weighted by Crippen LogP contribution is -1.97. The summed E-state index contributed by atoms with van der Waals surface area (Å²) in [6.07, 6.45) is 3.13. The number of ether oxygens (including phenoxy) is 2. The van der Waals surface area contributed by atoms with Crippen LogP contribution in [-0.2, 0) is 14.3 Å². The zero-order valence-corrected chi connectivity index (χ0v) is 13.5. The van der Waals surface area contributed by atoms with Crippen LogP contribution in [0.4, 0.5) is 0 Å². The Bertz CT molecular complexity index is 880. The van der Waals surface area contributed by atoms with Crippen molar-refractivity contribution in [2.75, 3.05) is 7.11 Å². The minimum absolute atomic E-state index is 0.166. The molecule has 0 saturated carbocycles. The average Bonchev–Trinajstić information content (AvgIpc) is 2.84. The number of methoxy groups -OCH3 is 1. The van der Waals surface area contributed by atoms with Gasteiger partial charge in [-0.15, -0.1) is 0 Å². The van der Waals surface area contributed by atoms with E-state index in [0.29, 0.717) is 21.9 Å². The summed E-state index contributed by atoms with van der Waals surface area (Å²) in [7, 11) is 1.54. The maximum atomic E-state index is 12.0. The van der Waals surface area contributed by atoms with Crippen molar-refractivity contribution < 1.29 is 19.1 Å². The Balaban J connectivity index is 2.11. The fourth-order valence-electron chi connectivity index (χ4n) is 2.38. The van der Waals surface area contributed by atoms with Gasteiger partial charge in [0.05, 0.1) is 18.3 Å². The predicted molar refractivity (Wildman–Crippen MR) is 91.5 cm³/mol. The third-order valence-corrected chi connectivity index (χ3v) is 3.90. The van der Waals surface area contributed by atoms with Crippen molar-refractivity contribution in [3.05, 3.63) is 75.8 Å². The van der Waals surface area contributed by atoms with Gasteiger partial charge in [-0.05, 0) is 29.8 Å². The Hall–Kier alpha value is -2.85. The largest absolute Gasteiger partial charge is 0.496 e. The molecule has 1 aliphatic heterocycles. The van der Waals surface area contributed by atoms with Crippen molar-refractivity contribution in [2.45, 2.75) is 0 Å². The first-order valence-electron chi connectivity index (χ1n) is 7.18. The number of carbonyl (C=O) groups is 2. The number of benzene rings is 2. The maximum absolute atomic E-state index is 12.0. The monoisotopic (exact) mass is 340 g/mol. The number of hydrogen-bond donors (Lipinski definition) is 0. The smallest absolute Gasteiger partial charge is 0.346 e. The predicted octanol–water partition coefficient (Wildman–Crippen LogP) is 3.90. The van der Waals surface area contributed by atoms with Crippen LogP contribution in [0, 0.1) is 0 Å². The molecule has 0 unspecified atom stereocenters. The molecule has 4 nitrogen and oxygen atoms in total. The van der Waals surface area contributed by atoms with E-state index in [-0.39, 0.29) is 11.1 Å². The average molecular weight is 341 g/mol. The number of halogens is 1. The van der Waals surface area contributed by atoms with Gasteiger partial charge >= 0.3 is 11.9 Å². The Morgan fingerprint density at radius 2 is 1.42 bits per heavy atom. The Labute approximate surface area is 144 Å². The van der Waals surface area contributed by atoms with E-state index in [0.717, 1.165) is 0 Å². The molecule has 0 aromatic heterocycles. The van der Waals surface area contributed by atoms with Crippen LogP contribution in [0.15, 0.2) is 59.7 Å². The molecule has 24 heavy (non-hydrogen) atoms. The van der Waals surface area contributed by atoms with Crippen molar-refractivity contribution in [2.24, 2.45) is 0 Å². The van der Waals surface area contributed by atoms with Crippen LogP contribution in [0.1, 0.15) is 11.1 Å². The van der Waals surface area contributed by atoms with Crippen molar-refractivity contribution >= 4 is 35.7 Å². The second kappa shape index (κ2) is 6.72. The van der Waals surface area contributed by atoms with E-state index in [1.54, 1.807) is 48.6 Å². The van der Waals surface area contributed by atoms with E-state index < -0.39 is 11.9 Å². The van der Waals surface area contributed by atoms with Gasteiger partial charge in [-0.3, -0.25) is 0 Å². The van der Waals surface area contributed by atoms with Crippen LogP contribution in [0.3, 0.4) is 0 Å². The zero-order chi connectivity index (χ0) is 17.1. The molecule has 0 atom stereocenters. The highest BCUT2D eigenvalue weighted by atomic mass is 35.5. The molecule has 0 bridgehead atoms. The van der Waals surface area contributed by atoms with Crippen molar-refractivity contribution in [3.63, 3.8) is 0 Å². The van der Waals surface area contributed by atoms with Gasteiger partial charge in [0.25, 0.3) is 0 Å². The fraction of sp³-hybridized carbons (Fsp3) is 0.0526. The highest BCUT2D eigenvalue weighted by Gasteiger charge is 2.33. The molecule has 3 rings (SSSR count). The van der Waals surface area contributed by atoms with Gasteiger partial charge in [0.1, 0.15) is 5.75 Å². The molecule has 0 radical (unpaired) electrons. The van der Waals surface area contributed by atoms with Gasteiger partial charge in [-0.2, -0.15) is 0 Å². The molecule has 1 heterocycles. The molecule has 1 fully saturated rings. The molecule has 0 N–H and O–H groups in total. The maximum Gasteiger partial charge on any atom is 0.346 e. The second-order valence-corrected chi connectivity index (χ2v) is 5.46. The summed E-state index contributed by atoms with van der Waals surface area (Å²) in [5.41, 5.74) is 1.64. The molecule has 0 amide bonds. The van der Waals surface area contributed by atoms with E-state index >= 15 is 0 Å². The number of carbonyl (C=O) groups excluding carboxylic acids is 2. The first-order chi connectivity index (χ1) is 11.6. The molecule has 5 heteroatoms. The SMILES string of the molecule is COc1ccccc1/C=C1/C(=O)OC(=O)/C1=C/c1ccccc1Cl. The van der Waals surface area contributed by atoms with Crippen LogP contribution >= 0.6 is 11.6 Å². The number of rotatable bonds is 3. The molecule has 1 aliphatic rings. The highest BCUT2D eigenvalue weighted by molar-refractivity contribution is 6.32. The van der Waals surface area contributed by atoms with Gasteiger partial charge in [0.15, 0.2) is 0 Å². The molecule has 2 aromatic rings. The molecular weight excluding hydrogens is 328 g/mol. The van der Waals surface area contributed by atoms with E-state index in [1.807, 2.05) is 12.1 Å². The summed E-state index contributed by atoms with van der Waals surface area (Å²) < 4.78 is 10.0. The first-order valence-corrected chi connectivity index (χ1v) is 7.56. The summed E-state index contributed by atoms with van der Waals surface area (Å²) >= 11 is 6.12. The Morgan fingerprint density at radius 3 is 2.04 bits per heavy atom. The van der Waals surface area contributed by atoms with Gasteiger partial charge < -0.3 is 9.47 Å². The molecule has 120 valence electrons. The van der Waals surface area contributed by atoms with Gasteiger partial charge in [-0.25, -0.2) is 9.59 Å². The van der Waals surface area contributed by atoms with Crippen LogP contribution in [0.25, 0.3) is 12.2 Å². The highest BCUT2D eigenvalue weighted by Crippen LogP contribution is 2.30. The van der Waals surface area contributed by atoms with E-state index in [9.17, 15) is 9.59 Å². The summed E-state index contributed by atoms with van der Waals surface area (Å²) in [5.74, 6) is -0.792. The van der Waals surface area contributed by atoms with Gasteiger partial charge in [-0.1, -0.05) is 48.0 Å². The zero-order valence-electron chi connectivity index (χ0n) is 12.8. The number of esters is 2. The third kappa shape index (κ3) is 3.09. The van der Waals surface area contributed by atoms with Crippen molar-refractivity contribution in [1.82, 2.24) is 0 Å². The molecule has 2 aromatic carbocycles. The quantitative estimate of drug-likeness (QED) is 0.483. The lowest BCUT2D eigenvalue weighted by atomic mass is 10.0. The molecule has 0 aliphatic carbocycles. The van der Waals surface area contributed by atoms with E-state index in [4.69, 9.17) is 21.1 Å². The van der Waals surface area contributed by atoms with Crippen LogP contribution in [-0.4, -0.2) is 19.0 Å². The van der Waals surface area contributed by atoms with Crippen LogP contribution in [0.2, 0.25) is 5.02 Å². The third-order valence-electron chi connectivity index (χ3n) is 3.56. The van der Waals surface area contributed by atoms with Crippen molar-refractivity contribution in [3.8, 4) is 5.75 Å². The van der Waals surface area contributed by atoms with Crippen LogP contribution in [0.5, 0.6) is 5.75 Å². The lowest BCUT2D eigenvalue weighted by molar-refractivity contribution is -0.149. The number of cyclic esters (lactones) is 2. The van der Waals surface area contributed by atoms with Crippen molar-refractivity contribution in [1.29, 1.82) is 0 Å². The number of hydrogen-bond acceptors (Lipinski definition) is 4. The fourth-order valence-corrected chi connectivity index (χ4v) is 2.57. The summed E-state index contributed by atoms with van der Waals surface area (Å²) in [5, 5.41) is 0.480. The minimum Gasteiger partial charge on any atom is -0.496 e. The van der Waals surface area contributed by atoms with Gasteiger partial charge in [0, 0.05) is 10.6 Å². The summed E-state index contributed by atoms with van der Waals surface area (Å²) in [6.45, 7) is 0. The summed E-state index contributed by atoms with van der Waals surface area (Å²) in [4.78, 5) is 24.1. The normalized spacial score (nSPS) is 17.4. The van der Waals surface area contributed by atoms with Crippen LogP contribution < -0.4 is 4.74 Å². The standard InChI is InChI=1S/C19H13ClO4/c1-23-17-9-5-3-7-13(17)11-15-14(18(21)24-19(15)22)10-12-6-2-4-8-16(12)20/h2-11H,1H3/b14-10+,15-11+. The topological polar surface area (TPSA) is 52.6 Å². The van der Waals surface area contributed by atoms with E-state index in [1.165, 1.54) is 7.11 Å². The first kappa shape index (κ1) is 16.0. The molecule has 0 spiro atoms. The minimum atomic E-state index is -0.693. The molecular formula is C19H13ClO4. The molecule has 1 saturated heterocycles. The number of para-hydroxylation sites is 1. The Morgan fingerprint density at radius 1 is 0.875 bits per heavy atom. The second-order valence-electron chi connectivity index (χ2n) is 5.06. The van der Waals surface area contributed by atoms with Gasteiger partial charge in [0.2, 0.25) is 0 Å². The summed E-state index contributed by atoms with van der Waals surface area (Å²) in [6, 6.07) is 14.2. The lowest BCUT2D eigenvalue weighted by Gasteiger charge is -2.04. The Kier molecular flexibility index (Phi) is 4.49. The van der Waals surface area contributed by atoms with E-state index in [2.05, 4.69) is 0 Å².